The van der Waals surface area contributed by atoms with E-state index >= 15 is 0 Å². The summed E-state index contributed by atoms with van der Waals surface area (Å²) in [5, 5.41) is 3.28. The Balaban J connectivity index is 4.64. The molecule has 0 rings (SSSR count). The third-order valence-electron chi connectivity index (χ3n) is 4.11. The summed E-state index contributed by atoms with van der Waals surface area (Å²) in [5.74, 6) is -0.168. The van der Waals surface area contributed by atoms with Crippen LogP contribution in [0.25, 0.3) is 0 Å². The van der Waals surface area contributed by atoms with Crippen LogP contribution < -0.4 is 5.32 Å². The van der Waals surface area contributed by atoms with Crippen LogP contribution in [0.2, 0.25) is 0 Å². The smallest absolute Gasteiger partial charge is 0.325 e. The predicted octanol–water partition coefficient (Wildman–Crippen LogP) is 2.82. The van der Waals surface area contributed by atoms with Crippen molar-refractivity contribution in [1.82, 2.24) is 10.2 Å². The van der Waals surface area contributed by atoms with Crippen LogP contribution in [-0.4, -0.2) is 49.2 Å². The zero-order valence-corrected chi connectivity index (χ0v) is 14.3. The van der Waals surface area contributed by atoms with Gasteiger partial charge in [-0.2, -0.15) is 0 Å². The molecule has 0 aliphatic heterocycles. The molecule has 0 aromatic rings. The van der Waals surface area contributed by atoms with Crippen molar-refractivity contribution in [2.75, 3.05) is 26.7 Å². The van der Waals surface area contributed by atoms with E-state index in [-0.39, 0.29) is 5.97 Å². The van der Waals surface area contributed by atoms with Gasteiger partial charge in [-0.1, -0.05) is 27.2 Å². The van der Waals surface area contributed by atoms with Gasteiger partial charge in [0.05, 0.1) is 7.11 Å². The standard InChI is InChI=1S/C16H34N2O2/c1-7-10-12-18(14(4)8-2)13-11-16(5,17-9-3)15(19)20-6/h14,17H,7-13H2,1-6H3. The Labute approximate surface area is 125 Å². The number of ether oxygens (including phenoxy) is 1. The van der Waals surface area contributed by atoms with Gasteiger partial charge >= 0.3 is 5.97 Å². The number of carbonyl (C=O) groups is 1. The van der Waals surface area contributed by atoms with Crippen molar-refractivity contribution in [1.29, 1.82) is 0 Å². The van der Waals surface area contributed by atoms with Crippen molar-refractivity contribution < 1.29 is 9.53 Å². The zero-order chi connectivity index (χ0) is 15.6. The van der Waals surface area contributed by atoms with Gasteiger partial charge in [-0.25, -0.2) is 0 Å². The molecule has 2 unspecified atom stereocenters. The highest BCUT2D eigenvalue weighted by atomic mass is 16.5. The fourth-order valence-corrected chi connectivity index (χ4v) is 2.42. The molecule has 0 aliphatic carbocycles. The summed E-state index contributed by atoms with van der Waals surface area (Å²) in [5.41, 5.74) is -0.582. The van der Waals surface area contributed by atoms with Gasteiger partial charge in [-0.3, -0.25) is 4.79 Å². The van der Waals surface area contributed by atoms with Gasteiger partial charge < -0.3 is 15.0 Å². The molecule has 1 N–H and O–H groups in total. The number of rotatable bonds is 11. The van der Waals surface area contributed by atoms with Crippen molar-refractivity contribution in [2.24, 2.45) is 0 Å². The molecule has 0 bridgehead atoms. The number of likely N-dealkylation sites (N-methyl/N-ethyl adjacent to an activating group) is 1. The highest BCUT2D eigenvalue weighted by Gasteiger charge is 2.33. The van der Waals surface area contributed by atoms with E-state index < -0.39 is 5.54 Å². The number of esters is 1. The Kier molecular flexibility index (Phi) is 9.86. The van der Waals surface area contributed by atoms with Gasteiger partial charge in [-0.05, 0) is 46.2 Å². The van der Waals surface area contributed by atoms with Crippen LogP contribution in [0.15, 0.2) is 0 Å². The number of nitrogens with zero attached hydrogens (tertiary/aromatic N) is 1. The molecule has 0 radical (unpaired) electrons. The summed E-state index contributed by atoms with van der Waals surface area (Å²) in [6.07, 6.45) is 4.33. The molecule has 0 spiro atoms. The quantitative estimate of drug-likeness (QED) is 0.593. The first-order valence-electron chi connectivity index (χ1n) is 8.02. The van der Waals surface area contributed by atoms with Crippen LogP contribution in [0.3, 0.4) is 0 Å². The second-order valence-electron chi connectivity index (χ2n) is 5.75. The van der Waals surface area contributed by atoms with E-state index in [2.05, 4.69) is 31.0 Å². The number of nitrogens with one attached hydrogen (secondary N) is 1. The van der Waals surface area contributed by atoms with Gasteiger partial charge in [0.2, 0.25) is 0 Å². The third-order valence-corrected chi connectivity index (χ3v) is 4.11. The molecule has 0 amide bonds. The summed E-state index contributed by atoms with van der Waals surface area (Å²) in [6.45, 7) is 13.5. The average molecular weight is 286 g/mol. The minimum atomic E-state index is -0.582. The van der Waals surface area contributed by atoms with E-state index in [1.54, 1.807) is 0 Å². The normalized spacial score (nSPS) is 15.9. The molecule has 4 heteroatoms. The first-order valence-corrected chi connectivity index (χ1v) is 8.02. The molecule has 120 valence electrons. The number of carbonyl (C=O) groups excluding carboxylic acids is 1. The van der Waals surface area contributed by atoms with Crippen LogP contribution in [0.1, 0.15) is 60.3 Å². The predicted molar refractivity (Wildman–Crippen MR) is 84.9 cm³/mol. The minimum absolute atomic E-state index is 0.168. The molecule has 0 fully saturated rings. The summed E-state index contributed by atoms with van der Waals surface area (Å²) in [6, 6.07) is 0.560. The van der Waals surface area contributed by atoms with Gasteiger partial charge in [0.25, 0.3) is 0 Å². The molecule has 0 aliphatic rings. The van der Waals surface area contributed by atoms with Gasteiger partial charge in [-0.15, -0.1) is 0 Å². The summed E-state index contributed by atoms with van der Waals surface area (Å²) >= 11 is 0. The van der Waals surface area contributed by atoms with E-state index in [1.807, 2.05) is 13.8 Å². The second kappa shape index (κ2) is 10.2. The molecule has 20 heavy (non-hydrogen) atoms. The first-order chi connectivity index (χ1) is 9.45. The SMILES string of the molecule is CCCCN(CCC(C)(NCC)C(=O)OC)C(C)CC. The van der Waals surface area contributed by atoms with Crippen molar-refractivity contribution in [2.45, 2.75) is 71.9 Å². The Morgan fingerprint density at radius 3 is 2.40 bits per heavy atom. The molecular weight excluding hydrogens is 252 g/mol. The van der Waals surface area contributed by atoms with Crippen LogP contribution in [0.4, 0.5) is 0 Å². The fourth-order valence-electron chi connectivity index (χ4n) is 2.42. The van der Waals surface area contributed by atoms with E-state index in [0.717, 1.165) is 32.5 Å². The first kappa shape index (κ1) is 19.4. The Morgan fingerprint density at radius 1 is 1.30 bits per heavy atom. The van der Waals surface area contributed by atoms with Crippen LogP contribution in [0.5, 0.6) is 0 Å². The number of hydrogen-bond donors (Lipinski definition) is 1. The van der Waals surface area contributed by atoms with E-state index in [1.165, 1.54) is 20.0 Å². The van der Waals surface area contributed by atoms with Gasteiger partial charge in [0.1, 0.15) is 5.54 Å². The molecule has 0 aromatic carbocycles. The van der Waals surface area contributed by atoms with E-state index in [4.69, 9.17) is 4.74 Å². The third kappa shape index (κ3) is 6.23. The number of methoxy groups -OCH3 is 1. The molecule has 0 heterocycles. The van der Waals surface area contributed by atoms with E-state index in [0.29, 0.717) is 6.04 Å². The molecule has 0 aromatic heterocycles. The maximum atomic E-state index is 12.0. The highest BCUT2D eigenvalue weighted by Crippen LogP contribution is 2.15. The fraction of sp³-hybridized carbons (Fsp3) is 0.938. The lowest BCUT2D eigenvalue weighted by Crippen LogP contribution is -2.52. The van der Waals surface area contributed by atoms with Crippen molar-refractivity contribution in [3.63, 3.8) is 0 Å². The van der Waals surface area contributed by atoms with Crippen molar-refractivity contribution >= 4 is 5.97 Å². The largest absolute Gasteiger partial charge is 0.468 e. The van der Waals surface area contributed by atoms with Crippen molar-refractivity contribution in [3.8, 4) is 0 Å². The lowest BCUT2D eigenvalue weighted by Gasteiger charge is -2.33. The van der Waals surface area contributed by atoms with Gasteiger partial charge in [0, 0.05) is 12.6 Å². The second-order valence-corrected chi connectivity index (χ2v) is 5.75. The summed E-state index contributed by atoms with van der Waals surface area (Å²) in [7, 11) is 1.46. The topological polar surface area (TPSA) is 41.6 Å². The average Bonchev–Trinajstić information content (AvgIpc) is 2.45. The monoisotopic (exact) mass is 286 g/mol. The Hall–Kier alpha value is -0.610. The lowest BCUT2D eigenvalue weighted by atomic mass is 9.97. The number of unbranched alkanes of at least 4 members (excludes halogenated alkanes) is 1. The summed E-state index contributed by atoms with van der Waals surface area (Å²) < 4.78 is 4.95. The molecule has 0 saturated heterocycles. The minimum Gasteiger partial charge on any atom is -0.468 e. The number of hydrogen-bond acceptors (Lipinski definition) is 4. The van der Waals surface area contributed by atoms with Crippen LogP contribution >= 0.6 is 0 Å². The van der Waals surface area contributed by atoms with Crippen LogP contribution in [0, 0.1) is 0 Å². The molecular formula is C16H34N2O2. The lowest BCUT2D eigenvalue weighted by molar-refractivity contribution is -0.148. The maximum Gasteiger partial charge on any atom is 0.325 e. The summed E-state index contributed by atoms with van der Waals surface area (Å²) in [4.78, 5) is 14.5. The Bertz CT molecular complexity index is 271. The molecule has 2 atom stereocenters. The molecule has 4 nitrogen and oxygen atoms in total. The van der Waals surface area contributed by atoms with Gasteiger partial charge in [0.15, 0.2) is 0 Å². The maximum absolute atomic E-state index is 12.0. The van der Waals surface area contributed by atoms with E-state index in [9.17, 15) is 4.79 Å². The van der Waals surface area contributed by atoms with Crippen LogP contribution in [-0.2, 0) is 9.53 Å². The molecule has 0 saturated carbocycles. The Morgan fingerprint density at radius 2 is 1.95 bits per heavy atom. The zero-order valence-electron chi connectivity index (χ0n) is 14.3. The highest BCUT2D eigenvalue weighted by molar-refractivity contribution is 5.80. The van der Waals surface area contributed by atoms with Crippen molar-refractivity contribution in [3.05, 3.63) is 0 Å².